The average molecular weight is 398 g/mol. The van der Waals surface area contributed by atoms with Gasteiger partial charge in [0.05, 0.1) is 6.61 Å². The first kappa shape index (κ1) is 22.8. The van der Waals surface area contributed by atoms with Crippen molar-refractivity contribution in [1.82, 2.24) is 5.32 Å². The first-order valence-corrected chi connectivity index (χ1v) is 10.6. The highest BCUT2D eigenvalue weighted by molar-refractivity contribution is 5.80. The van der Waals surface area contributed by atoms with Crippen LogP contribution in [0.2, 0.25) is 0 Å². The second-order valence-corrected chi connectivity index (χ2v) is 8.39. The third-order valence-corrected chi connectivity index (χ3v) is 4.76. The number of carbonyl (C=O) groups is 1. The van der Waals surface area contributed by atoms with Crippen LogP contribution in [-0.4, -0.2) is 25.2 Å². The lowest BCUT2D eigenvalue weighted by Gasteiger charge is -2.20. The van der Waals surface area contributed by atoms with Gasteiger partial charge in [0.15, 0.2) is 6.10 Å². The van der Waals surface area contributed by atoms with E-state index in [0.29, 0.717) is 12.3 Å². The van der Waals surface area contributed by atoms with E-state index in [1.807, 2.05) is 30.3 Å². The molecule has 0 aliphatic rings. The molecule has 0 fully saturated rings. The third-order valence-electron chi connectivity index (χ3n) is 4.76. The number of rotatable bonds is 10. The van der Waals surface area contributed by atoms with E-state index < -0.39 is 6.10 Å². The van der Waals surface area contributed by atoms with Crippen molar-refractivity contribution < 1.29 is 14.3 Å². The molecule has 2 aromatic rings. The van der Waals surface area contributed by atoms with E-state index in [2.05, 4.69) is 51.2 Å². The number of hydrogen-bond donors (Lipinski definition) is 1. The lowest BCUT2D eigenvalue weighted by atomic mass is 9.87. The van der Waals surface area contributed by atoms with Gasteiger partial charge in [0.1, 0.15) is 11.5 Å². The van der Waals surface area contributed by atoms with Gasteiger partial charge in [0.2, 0.25) is 0 Å². The molecule has 0 aliphatic heterocycles. The summed E-state index contributed by atoms with van der Waals surface area (Å²) in [6.07, 6.45) is 2.17. The van der Waals surface area contributed by atoms with Gasteiger partial charge in [0, 0.05) is 6.54 Å². The molecule has 4 heteroatoms. The van der Waals surface area contributed by atoms with Gasteiger partial charge in [-0.1, -0.05) is 58.0 Å². The maximum absolute atomic E-state index is 12.3. The molecule has 0 aliphatic carbocycles. The molecule has 0 saturated carbocycles. The Balaban J connectivity index is 1.76. The van der Waals surface area contributed by atoms with Gasteiger partial charge in [-0.2, -0.15) is 0 Å². The van der Waals surface area contributed by atoms with E-state index >= 15 is 0 Å². The van der Waals surface area contributed by atoms with Crippen LogP contribution in [0.5, 0.6) is 11.5 Å². The number of benzene rings is 2. The molecular formula is C25H35NO3. The predicted molar refractivity (Wildman–Crippen MR) is 119 cm³/mol. The van der Waals surface area contributed by atoms with Gasteiger partial charge in [-0.25, -0.2) is 0 Å². The first-order chi connectivity index (χ1) is 13.8. The molecule has 1 N–H and O–H groups in total. The van der Waals surface area contributed by atoms with Gasteiger partial charge in [-0.3, -0.25) is 4.79 Å². The smallest absolute Gasteiger partial charge is 0.260 e. The molecule has 29 heavy (non-hydrogen) atoms. The van der Waals surface area contributed by atoms with Crippen LogP contribution in [0.15, 0.2) is 48.5 Å². The zero-order valence-electron chi connectivity index (χ0n) is 18.5. The van der Waals surface area contributed by atoms with Crippen molar-refractivity contribution in [3.05, 3.63) is 59.7 Å². The molecular weight excluding hydrogens is 362 g/mol. The number of aryl methyl sites for hydroxylation is 1. The molecule has 2 rings (SSSR count). The fourth-order valence-electron chi connectivity index (χ4n) is 2.99. The van der Waals surface area contributed by atoms with Crippen LogP contribution in [0.25, 0.3) is 0 Å². The standard InChI is InChI=1S/C25H35NO3/c1-6-18-28-23-12-8-7-10-20(23)11-9-17-26-24(27)19(2)29-22-15-13-21(14-16-22)25(3,4)5/h7-8,10,12-16,19H,6,9,11,17-18H2,1-5H3,(H,26,27)/t19-/m1/s1. The van der Waals surface area contributed by atoms with Crippen LogP contribution in [0.1, 0.15) is 58.6 Å². The van der Waals surface area contributed by atoms with Crippen molar-refractivity contribution in [2.75, 3.05) is 13.2 Å². The number of ether oxygens (including phenoxy) is 2. The summed E-state index contributed by atoms with van der Waals surface area (Å²) in [5, 5.41) is 2.97. The number of hydrogen-bond acceptors (Lipinski definition) is 3. The number of nitrogens with one attached hydrogen (secondary N) is 1. The molecule has 0 spiro atoms. The van der Waals surface area contributed by atoms with E-state index in [4.69, 9.17) is 9.47 Å². The monoisotopic (exact) mass is 397 g/mol. The van der Waals surface area contributed by atoms with Gasteiger partial charge in [0.25, 0.3) is 5.91 Å². The SMILES string of the molecule is CCCOc1ccccc1CCCNC(=O)[C@@H](C)Oc1ccc(C(C)(C)C)cc1. The summed E-state index contributed by atoms with van der Waals surface area (Å²) in [7, 11) is 0. The second kappa shape index (κ2) is 10.9. The van der Waals surface area contributed by atoms with E-state index in [9.17, 15) is 4.79 Å². The second-order valence-electron chi connectivity index (χ2n) is 8.39. The van der Waals surface area contributed by atoms with Crippen LogP contribution < -0.4 is 14.8 Å². The van der Waals surface area contributed by atoms with Crippen molar-refractivity contribution in [3.63, 3.8) is 0 Å². The van der Waals surface area contributed by atoms with Gasteiger partial charge in [-0.15, -0.1) is 0 Å². The molecule has 1 atom stereocenters. The largest absolute Gasteiger partial charge is 0.493 e. The van der Waals surface area contributed by atoms with E-state index in [0.717, 1.165) is 31.6 Å². The van der Waals surface area contributed by atoms with Crippen molar-refractivity contribution >= 4 is 5.91 Å². The maximum Gasteiger partial charge on any atom is 0.260 e. The zero-order chi connectivity index (χ0) is 21.3. The minimum atomic E-state index is -0.532. The number of carbonyl (C=O) groups excluding carboxylic acids is 1. The molecule has 4 nitrogen and oxygen atoms in total. The Morgan fingerprint density at radius 3 is 2.41 bits per heavy atom. The Morgan fingerprint density at radius 2 is 1.76 bits per heavy atom. The van der Waals surface area contributed by atoms with Crippen molar-refractivity contribution in [2.45, 2.75) is 65.4 Å². The molecule has 2 aromatic carbocycles. The molecule has 0 heterocycles. The molecule has 0 aromatic heterocycles. The summed E-state index contributed by atoms with van der Waals surface area (Å²) < 4.78 is 11.6. The minimum Gasteiger partial charge on any atom is -0.493 e. The molecule has 0 saturated heterocycles. The van der Waals surface area contributed by atoms with Gasteiger partial charge in [-0.05, 0) is 60.9 Å². The van der Waals surface area contributed by atoms with E-state index in [1.165, 1.54) is 11.1 Å². The Hall–Kier alpha value is -2.49. The highest BCUT2D eigenvalue weighted by Gasteiger charge is 2.16. The normalized spacial score (nSPS) is 12.3. The fourth-order valence-corrected chi connectivity index (χ4v) is 2.99. The maximum atomic E-state index is 12.3. The van der Waals surface area contributed by atoms with E-state index in [-0.39, 0.29) is 11.3 Å². The van der Waals surface area contributed by atoms with Crippen LogP contribution >= 0.6 is 0 Å². The summed E-state index contributed by atoms with van der Waals surface area (Å²) in [5.74, 6) is 1.55. The number of para-hydroxylation sites is 1. The summed E-state index contributed by atoms with van der Waals surface area (Å²) in [6.45, 7) is 11.7. The summed E-state index contributed by atoms with van der Waals surface area (Å²) >= 11 is 0. The molecule has 158 valence electrons. The molecule has 1 amide bonds. The van der Waals surface area contributed by atoms with E-state index in [1.54, 1.807) is 6.92 Å². The molecule has 0 radical (unpaired) electrons. The van der Waals surface area contributed by atoms with Gasteiger partial charge >= 0.3 is 0 Å². The highest BCUT2D eigenvalue weighted by Crippen LogP contribution is 2.24. The van der Waals surface area contributed by atoms with Crippen molar-refractivity contribution in [2.24, 2.45) is 0 Å². The van der Waals surface area contributed by atoms with Crippen molar-refractivity contribution in [3.8, 4) is 11.5 Å². The summed E-state index contributed by atoms with van der Waals surface area (Å²) in [4.78, 5) is 12.3. The van der Waals surface area contributed by atoms with Gasteiger partial charge < -0.3 is 14.8 Å². The average Bonchev–Trinajstić information content (AvgIpc) is 2.69. The van der Waals surface area contributed by atoms with Crippen LogP contribution in [0.4, 0.5) is 0 Å². The minimum absolute atomic E-state index is 0.0968. The quantitative estimate of drug-likeness (QED) is 0.554. The summed E-state index contributed by atoms with van der Waals surface area (Å²) in [5.41, 5.74) is 2.52. The Morgan fingerprint density at radius 1 is 1.07 bits per heavy atom. The topological polar surface area (TPSA) is 47.6 Å². The molecule has 0 unspecified atom stereocenters. The van der Waals surface area contributed by atoms with Crippen LogP contribution in [0.3, 0.4) is 0 Å². The summed E-state index contributed by atoms with van der Waals surface area (Å²) in [6, 6.07) is 16.1. The third kappa shape index (κ3) is 7.45. The van der Waals surface area contributed by atoms with Crippen LogP contribution in [0, 0.1) is 0 Å². The predicted octanol–water partition coefficient (Wildman–Crippen LogP) is 5.29. The Kier molecular flexibility index (Phi) is 8.56. The Bertz CT molecular complexity index is 762. The number of amides is 1. The molecule has 0 bridgehead atoms. The lowest BCUT2D eigenvalue weighted by Crippen LogP contribution is -2.36. The lowest BCUT2D eigenvalue weighted by molar-refractivity contribution is -0.127. The zero-order valence-corrected chi connectivity index (χ0v) is 18.5. The fraction of sp³-hybridized carbons (Fsp3) is 0.480. The first-order valence-electron chi connectivity index (χ1n) is 10.6. The Labute approximate surface area is 175 Å². The van der Waals surface area contributed by atoms with Crippen LogP contribution in [-0.2, 0) is 16.6 Å². The highest BCUT2D eigenvalue weighted by atomic mass is 16.5. The van der Waals surface area contributed by atoms with Crippen molar-refractivity contribution in [1.29, 1.82) is 0 Å².